The van der Waals surface area contributed by atoms with Crippen molar-refractivity contribution >= 4 is 40.6 Å². The summed E-state index contributed by atoms with van der Waals surface area (Å²) in [5.74, 6) is -1.18. The molecule has 180 valence electrons. The van der Waals surface area contributed by atoms with Gasteiger partial charge in [0.1, 0.15) is 11.2 Å². The molecule has 3 aromatic rings. The molecule has 0 saturated carbocycles. The first-order valence-electron chi connectivity index (χ1n) is 11.4. The van der Waals surface area contributed by atoms with Gasteiger partial charge in [-0.05, 0) is 39.0 Å². The van der Waals surface area contributed by atoms with Gasteiger partial charge in [-0.25, -0.2) is 14.2 Å². The van der Waals surface area contributed by atoms with Gasteiger partial charge in [0.15, 0.2) is 17.3 Å². The van der Waals surface area contributed by atoms with Gasteiger partial charge in [0, 0.05) is 39.3 Å². The number of carbonyl (C=O) groups excluding carboxylic acids is 1. The number of aromatic nitrogens is 3. The number of carbonyl (C=O) groups is 1. The van der Waals surface area contributed by atoms with E-state index in [-0.39, 0.29) is 29.0 Å². The number of piperazine rings is 1. The molecule has 0 aromatic carbocycles. The van der Waals surface area contributed by atoms with Crippen LogP contribution >= 0.6 is 0 Å². The molecule has 0 unspecified atom stereocenters. The number of hydrogen-bond donors (Lipinski definition) is 0. The second-order valence-electron chi connectivity index (χ2n) is 8.60. The van der Waals surface area contributed by atoms with Crippen molar-refractivity contribution < 1.29 is 13.9 Å². The third kappa shape index (κ3) is 3.60. The van der Waals surface area contributed by atoms with E-state index in [2.05, 4.69) is 36.9 Å². The maximum Gasteiger partial charge on any atom is 0.345 e. The third-order valence-electron chi connectivity index (χ3n) is 6.45. The molecular formula is C25H30FN5O3. The molecule has 4 rings (SSSR count). The van der Waals surface area contributed by atoms with Gasteiger partial charge >= 0.3 is 5.97 Å². The number of hydrogen-bond acceptors (Lipinski definition) is 6. The molecule has 1 saturated heterocycles. The third-order valence-corrected chi connectivity index (χ3v) is 6.45. The van der Waals surface area contributed by atoms with Gasteiger partial charge in [-0.15, -0.1) is 0 Å². The second-order valence-corrected chi connectivity index (χ2v) is 8.60. The van der Waals surface area contributed by atoms with Crippen molar-refractivity contribution in [2.24, 2.45) is 7.05 Å². The molecule has 1 aliphatic heterocycles. The van der Waals surface area contributed by atoms with Crippen LogP contribution in [0, 0.1) is 5.82 Å². The molecule has 0 atom stereocenters. The van der Waals surface area contributed by atoms with Gasteiger partial charge in [-0.2, -0.15) is 0 Å². The number of rotatable bonds is 6. The number of esters is 1. The van der Waals surface area contributed by atoms with E-state index in [1.54, 1.807) is 35.1 Å². The maximum absolute atomic E-state index is 15.3. The fraction of sp³-hybridized carbons (Fsp3) is 0.400. The Balaban J connectivity index is 2.04. The number of pyridine rings is 2. The molecule has 1 fully saturated rings. The monoisotopic (exact) mass is 467 g/mol. The molecule has 0 amide bonds. The molecule has 8 nitrogen and oxygen atoms in total. The van der Waals surface area contributed by atoms with Gasteiger partial charge in [0.2, 0.25) is 5.43 Å². The van der Waals surface area contributed by atoms with Gasteiger partial charge < -0.3 is 14.2 Å². The van der Waals surface area contributed by atoms with Crippen LogP contribution in [0.25, 0.3) is 28.8 Å². The number of aryl methyl sites for hydroxylation is 1. The van der Waals surface area contributed by atoms with Crippen molar-refractivity contribution in [2.45, 2.75) is 26.8 Å². The quantitative estimate of drug-likeness (QED) is 0.518. The normalized spacial score (nSPS) is 14.8. The van der Waals surface area contributed by atoms with Crippen LogP contribution in [0.4, 0.5) is 10.2 Å². The van der Waals surface area contributed by atoms with E-state index < -0.39 is 17.2 Å². The molecule has 0 bridgehead atoms. The van der Waals surface area contributed by atoms with Crippen molar-refractivity contribution in [1.82, 2.24) is 18.9 Å². The first-order valence-corrected chi connectivity index (χ1v) is 11.4. The Bertz CT molecular complexity index is 1360. The van der Waals surface area contributed by atoms with Crippen LogP contribution in [0.15, 0.2) is 24.0 Å². The smallest absolute Gasteiger partial charge is 0.345 e. The molecule has 4 heterocycles. The highest BCUT2D eigenvalue weighted by Crippen LogP contribution is 2.28. The van der Waals surface area contributed by atoms with Crippen molar-refractivity contribution in [1.29, 1.82) is 0 Å². The summed E-state index contributed by atoms with van der Waals surface area (Å²) in [7, 11) is 1.73. The lowest BCUT2D eigenvalue weighted by molar-refractivity contribution is 0.0526. The number of anilines is 1. The number of nitrogens with zero attached hydrogens (tertiary/aromatic N) is 5. The van der Waals surface area contributed by atoms with Gasteiger partial charge in [0.05, 0.1) is 23.4 Å². The zero-order valence-corrected chi connectivity index (χ0v) is 20.1. The minimum Gasteiger partial charge on any atom is -0.462 e. The van der Waals surface area contributed by atoms with E-state index in [1.807, 2.05) is 4.90 Å². The van der Waals surface area contributed by atoms with Crippen LogP contribution in [0.2, 0.25) is 0 Å². The summed E-state index contributed by atoms with van der Waals surface area (Å²) in [6.07, 6.45) is 3.22. The number of imidazole rings is 1. The van der Waals surface area contributed by atoms with Gasteiger partial charge in [0.25, 0.3) is 0 Å². The zero-order valence-electron chi connectivity index (χ0n) is 20.1. The molecule has 3 aromatic heterocycles. The molecule has 0 spiro atoms. The van der Waals surface area contributed by atoms with Crippen LogP contribution in [0.5, 0.6) is 0 Å². The summed E-state index contributed by atoms with van der Waals surface area (Å²) < 4.78 is 23.9. The summed E-state index contributed by atoms with van der Waals surface area (Å²) in [6, 6.07) is 1.59. The van der Waals surface area contributed by atoms with Crippen LogP contribution in [0.3, 0.4) is 0 Å². The topological polar surface area (TPSA) is 72.1 Å². The average molecular weight is 468 g/mol. The van der Waals surface area contributed by atoms with Crippen LogP contribution in [-0.4, -0.2) is 63.6 Å². The van der Waals surface area contributed by atoms with E-state index in [4.69, 9.17) is 4.74 Å². The number of halogens is 1. The fourth-order valence-electron chi connectivity index (χ4n) is 4.70. The van der Waals surface area contributed by atoms with Gasteiger partial charge in [-0.3, -0.25) is 14.1 Å². The van der Waals surface area contributed by atoms with Crippen LogP contribution in [-0.2, 0) is 11.8 Å². The molecule has 1 aliphatic rings. The SMILES string of the molecule is C=Cc1c(C=C)n2c3nc(N4CCN(C(C)C)CC4)c(F)cc3c(=O)c(C(=O)OCC)c2n1C. The lowest BCUT2D eigenvalue weighted by Gasteiger charge is -2.37. The Morgan fingerprint density at radius 3 is 2.41 bits per heavy atom. The molecule has 9 heteroatoms. The predicted molar refractivity (Wildman–Crippen MR) is 133 cm³/mol. The zero-order chi connectivity index (χ0) is 24.7. The van der Waals surface area contributed by atoms with E-state index in [9.17, 15) is 9.59 Å². The van der Waals surface area contributed by atoms with E-state index in [0.717, 1.165) is 13.1 Å². The molecular weight excluding hydrogens is 437 g/mol. The standard InChI is InChI=1S/C25H30FN5O3/c1-7-18-19(8-2)31-22-16(21(32)20(24(31)28(18)6)25(33)34-9-3)14-17(26)23(27-22)30-12-10-29(11-13-30)15(4)5/h7-8,14-15H,1-2,9-13H2,3-6H3. The highest BCUT2D eigenvalue weighted by molar-refractivity contribution is 6.01. The Hall–Kier alpha value is -3.46. The number of ether oxygens (including phenoxy) is 1. The number of fused-ring (bicyclic) bond motifs is 3. The molecule has 0 radical (unpaired) electrons. The van der Waals surface area contributed by atoms with E-state index in [1.165, 1.54) is 6.07 Å². The first kappa shape index (κ1) is 23.7. The summed E-state index contributed by atoms with van der Waals surface area (Å²) in [5, 5.41) is 0.00642. The fourth-order valence-corrected chi connectivity index (χ4v) is 4.70. The Morgan fingerprint density at radius 2 is 1.85 bits per heavy atom. The lowest BCUT2D eigenvalue weighted by Crippen LogP contribution is -2.49. The van der Waals surface area contributed by atoms with Crippen LogP contribution < -0.4 is 10.3 Å². The molecule has 0 N–H and O–H groups in total. The largest absolute Gasteiger partial charge is 0.462 e. The van der Waals surface area contributed by atoms with Crippen molar-refractivity contribution in [2.75, 3.05) is 37.7 Å². The minimum absolute atomic E-state index is 0.00642. The maximum atomic E-state index is 15.3. The summed E-state index contributed by atoms with van der Waals surface area (Å²) in [5.41, 5.74) is 1.00. The second kappa shape index (κ2) is 9.06. The van der Waals surface area contributed by atoms with Crippen LogP contribution in [0.1, 0.15) is 42.5 Å². The summed E-state index contributed by atoms with van der Waals surface area (Å²) in [4.78, 5) is 35.2. The van der Waals surface area contributed by atoms with Crippen molar-refractivity contribution in [3.63, 3.8) is 0 Å². The van der Waals surface area contributed by atoms with Crippen molar-refractivity contribution in [3.05, 3.63) is 52.2 Å². The summed E-state index contributed by atoms with van der Waals surface area (Å²) >= 11 is 0. The Morgan fingerprint density at radius 1 is 1.21 bits per heavy atom. The Labute approximate surface area is 197 Å². The Kier molecular flexibility index (Phi) is 6.31. The highest BCUT2D eigenvalue weighted by atomic mass is 19.1. The van der Waals surface area contributed by atoms with Gasteiger partial charge in [-0.1, -0.05) is 13.2 Å². The van der Waals surface area contributed by atoms with Crippen molar-refractivity contribution in [3.8, 4) is 0 Å². The predicted octanol–water partition coefficient (Wildman–Crippen LogP) is 3.32. The average Bonchev–Trinajstić information content (AvgIpc) is 3.10. The molecule has 0 aliphatic carbocycles. The highest BCUT2D eigenvalue weighted by Gasteiger charge is 2.28. The first-order chi connectivity index (χ1) is 16.2. The minimum atomic E-state index is -0.770. The van der Waals surface area contributed by atoms with E-state index >= 15 is 4.39 Å². The van der Waals surface area contributed by atoms with E-state index in [0.29, 0.717) is 36.2 Å². The summed E-state index contributed by atoms with van der Waals surface area (Å²) in [6.45, 7) is 16.6. The lowest BCUT2D eigenvalue weighted by atomic mass is 10.1. The molecule has 34 heavy (non-hydrogen) atoms.